The van der Waals surface area contributed by atoms with E-state index in [1.54, 1.807) is 0 Å². The second-order valence-electron chi connectivity index (χ2n) is 6.68. The van der Waals surface area contributed by atoms with Crippen LogP contribution < -0.4 is 0 Å². The van der Waals surface area contributed by atoms with Gasteiger partial charge in [-0.15, -0.1) is 0 Å². The van der Waals surface area contributed by atoms with Gasteiger partial charge in [-0.2, -0.15) is 0 Å². The highest BCUT2D eigenvalue weighted by molar-refractivity contribution is 5.96. The summed E-state index contributed by atoms with van der Waals surface area (Å²) in [5, 5.41) is 47.4. The molecule has 0 atom stereocenters. The molecule has 0 amide bonds. The Bertz CT molecular complexity index is 1330. The van der Waals surface area contributed by atoms with Gasteiger partial charge in [-0.3, -0.25) is 9.98 Å². The number of rotatable bonds is 7. The molecule has 0 fully saturated rings. The van der Waals surface area contributed by atoms with E-state index in [2.05, 4.69) is 9.98 Å². The maximum absolute atomic E-state index is 11.4. The zero-order valence-electron chi connectivity index (χ0n) is 16.7. The number of benzene rings is 3. The van der Waals surface area contributed by atoms with Crippen molar-refractivity contribution >= 4 is 41.7 Å². The summed E-state index contributed by atoms with van der Waals surface area (Å²) in [6.45, 7) is 0. The molecule has 10 heteroatoms. The summed E-state index contributed by atoms with van der Waals surface area (Å²) in [5.41, 5.74) is 0.185. The predicted molar refractivity (Wildman–Crippen MR) is 118 cm³/mol. The van der Waals surface area contributed by atoms with Crippen molar-refractivity contribution < 1.29 is 39.9 Å². The number of phenolic OH excluding ortho intramolecular Hbond substituents is 2. The lowest BCUT2D eigenvalue weighted by atomic mass is 10.1. The van der Waals surface area contributed by atoms with Crippen molar-refractivity contribution in [3.63, 3.8) is 0 Å². The smallest absolute Gasteiger partial charge is 0.335 e. The topological polar surface area (TPSA) is 177 Å². The van der Waals surface area contributed by atoms with E-state index >= 15 is 0 Å². The average molecular weight is 448 g/mol. The maximum Gasteiger partial charge on any atom is 0.335 e. The van der Waals surface area contributed by atoms with Crippen molar-refractivity contribution in [3.8, 4) is 11.5 Å². The van der Waals surface area contributed by atoms with Crippen molar-refractivity contribution in [2.24, 2.45) is 9.98 Å². The van der Waals surface area contributed by atoms with Crippen LogP contribution in [0.15, 0.2) is 64.6 Å². The molecule has 0 aliphatic carbocycles. The van der Waals surface area contributed by atoms with E-state index in [1.807, 2.05) is 0 Å². The van der Waals surface area contributed by atoms with E-state index in [4.69, 9.17) is 10.2 Å². The van der Waals surface area contributed by atoms with Crippen molar-refractivity contribution in [2.45, 2.75) is 0 Å². The van der Waals surface area contributed by atoms with Crippen LogP contribution >= 0.6 is 0 Å². The van der Waals surface area contributed by atoms with Crippen LogP contribution in [-0.2, 0) is 0 Å². The minimum atomic E-state index is -1.22. The molecule has 0 saturated heterocycles. The summed E-state index contributed by atoms with van der Waals surface area (Å²) in [4.78, 5) is 42.0. The highest BCUT2D eigenvalue weighted by Gasteiger charge is 2.10. The van der Waals surface area contributed by atoms with E-state index < -0.39 is 17.9 Å². The van der Waals surface area contributed by atoms with Gasteiger partial charge in [-0.1, -0.05) is 0 Å². The fourth-order valence-electron chi connectivity index (χ4n) is 2.73. The van der Waals surface area contributed by atoms with Crippen LogP contribution in [0.25, 0.3) is 0 Å². The van der Waals surface area contributed by atoms with Crippen LogP contribution in [0.4, 0.5) is 11.4 Å². The fraction of sp³-hybridized carbons (Fsp3) is 0. The van der Waals surface area contributed by atoms with E-state index in [0.29, 0.717) is 0 Å². The normalized spacial score (nSPS) is 11.2. The summed E-state index contributed by atoms with van der Waals surface area (Å²) in [6.07, 6.45) is 2.35. The van der Waals surface area contributed by atoms with Crippen molar-refractivity contribution in [2.75, 3.05) is 0 Å². The van der Waals surface area contributed by atoms with Crippen LogP contribution in [0, 0.1) is 0 Å². The van der Waals surface area contributed by atoms with E-state index in [0.717, 1.165) is 6.21 Å². The third-order valence-electron chi connectivity index (χ3n) is 4.46. The maximum atomic E-state index is 11.4. The van der Waals surface area contributed by atoms with Gasteiger partial charge in [-0.05, 0) is 54.6 Å². The van der Waals surface area contributed by atoms with Gasteiger partial charge in [0, 0.05) is 23.6 Å². The average Bonchev–Trinajstić information content (AvgIpc) is 2.77. The summed E-state index contributed by atoms with van der Waals surface area (Å²) in [7, 11) is 0. The van der Waals surface area contributed by atoms with Gasteiger partial charge in [0.2, 0.25) is 0 Å². The second-order valence-corrected chi connectivity index (χ2v) is 6.68. The van der Waals surface area contributed by atoms with E-state index in [9.17, 15) is 29.7 Å². The highest BCUT2D eigenvalue weighted by Crippen LogP contribution is 2.30. The molecule has 166 valence electrons. The lowest BCUT2D eigenvalue weighted by molar-refractivity contribution is 0.0686. The standard InChI is InChI=1S/C23H16N2O8/c26-19-5-2-12(21(28)29)7-15(19)10-24-17-4-1-14(23(32)33)9-18(17)25-11-16-8-13(22(30)31)3-6-20(16)27/h1-11,26-27H,(H,28,29)(H,30,31)(H,32,33). The minimum absolute atomic E-state index is 0.0671. The molecule has 3 aromatic carbocycles. The van der Waals surface area contributed by atoms with Gasteiger partial charge >= 0.3 is 17.9 Å². The number of phenols is 2. The molecule has 0 unspecified atom stereocenters. The van der Waals surface area contributed by atoms with Crippen LogP contribution in [0.5, 0.6) is 11.5 Å². The van der Waals surface area contributed by atoms with Gasteiger partial charge in [0.15, 0.2) is 0 Å². The zero-order chi connectivity index (χ0) is 24.1. The first-order valence-electron chi connectivity index (χ1n) is 9.24. The molecule has 0 bridgehead atoms. The molecule has 33 heavy (non-hydrogen) atoms. The Labute approximate surface area is 186 Å². The molecular formula is C23H16N2O8. The summed E-state index contributed by atoms with van der Waals surface area (Å²) in [6, 6.07) is 11.1. The monoisotopic (exact) mass is 448 g/mol. The van der Waals surface area contributed by atoms with Gasteiger partial charge in [-0.25, -0.2) is 14.4 Å². The summed E-state index contributed by atoms with van der Waals surface area (Å²) < 4.78 is 0. The molecule has 0 aliphatic rings. The van der Waals surface area contributed by atoms with E-state index in [-0.39, 0.29) is 50.7 Å². The Balaban J connectivity index is 2.04. The van der Waals surface area contributed by atoms with Crippen LogP contribution in [0.3, 0.4) is 0 Å². The molecule has 10 nitrogen and oxygen atoms in total. The second kappa shape index (κ2) is 9.43. The lowest BCUT2D eigenvalue weighted by Gasteiger charge is -2.05. The van der Waals surface area contributed by atoms with Crippen molar-refractivity contribution in [1.29, 1.82) is 0 Å². The van der Waals surface area contributed by atoms with Crippen LogP contribution in [-0.4, -0.2) is 55.9 Å². The molecule has 0 radical (unpaired) electrons. The predicted octanol–water partition coefficient (Wildman–Crippen LogP) is 3.69. The fourth-order valence-corrected chi connectivity index (χ4v) is 2.73. The largest absolute Gasteiger partial charge is 0.507 e. The quantitative estimate of drug-likeness (QED) is 0.340. The molecule has 3 aromatic rings. The van der Waals surface area contributed by atoms with Gasteiger partial charge < -0.3 is 25.5 Å². The Kier molecular flexibility index (Phi) is 6.49. The third kappa shape index (κ3) is 5.39. The van der Waals surface area contributed by atoms with Crippen LogP contribution in [0.1, 0.15) is 42.2 Å². The van der Waals surface area contributed by atoms with Crippen molar-refractivity contribution in [3.05, 3.63) is 82.4 Å². The van der Waals surface area contributed by atoms with Crippen molar-refractivity contribution in [1.82, 2.24) is 0 Å². The number of hydrogen-bond acceptors (Lipinski definition) is 7. The first kappa shape index (κ1) is 22.7. The van der Waals surface area contributed by atoms with Gasteiger partial charge in [0.25, 0.3) is 0 Å². The Morgan fingerprint density at radius 3 is 1.42 bits per heavy atom. The molecule has 3 rings (SSSR count). The molecule has 0 heterocycles. The first-order chi connectivity index (χ1) is 15.7. The number of nitrogens with zero attached hydrogens (tertiary/aromatic N) is 2. The summed E-state index contributed by atoms with van der Waals surface area (Å²) in [5.74, 6) is -4.06. The molecule has 0 saturated carbocycles. The summed E-state index contributed by atoms with van der Waals surface area (Å²) >= 11 is 0. The Morgan fingerprint density at radius 1 is 0.576 bits per heavy atom. The first-order valence-corrected chi connectivity index (χ1v) is 9.24. The number of aliphatic imine (C=N–C) groups is 2. The minimum Gasteiger partial charge on any atom is -0.507 e. The highest BCUT2D eigenvalue weighted by atomic mass is 16.4. The molecule has 0 aromatic heterocycles. The zero-order valence-corrected chi connectivity index (χ0v) is 16.7. The lowest BCUT2D eigenvalue weighted by Crippen LogP contribution is -1.98. The van der Waals surface area contributed by atoms with Gasteiger partial charge in [0.1, 0.15) is 11.5 Å². The Morgan fingerprint density at radius 2 is 0.970 bits per heavy atom. The number of aromatic carboxylic acids is 3. The number of carboxylic acids is 3. The number of aromatic hydroxyl groups is 2. The number of carbonyl (C=O) groups is 3. The molecule has 5 N–H and O–H groups in total. The van der Waals surface area contributed by atoms with Gasteiger partial charge in [0.05, 0.1) is 28.1 Å². The number of hydrogen-bond donors (Lipinski definition) is 5. The third-order valence-corrected chi connectivity index (χ3v) is 4.46. The Hall–Kier alpha value is -4.99. The SMILES string of the molecule is O=C(O)c1ccc(O)c(C=Nc2ccc(C(=O)O)cc2N=Cc2cc(C(=O)O)ccc2O)c1. The van der Waals surface area contributed by atoms with Crippen LogP contribution in [0.2, 0.25) is 0 Å². The molecular weight excluding hydrogens is 432 g/mol. The molecule has 0 spiro atoms. The number of carboxylic acid groups (broad SMARTS) is 3. The van der Waals surface area contributed by atoms with E-state index in [1.165, 1.54) is 60.8 Å². The molecule has 0 aliphatic heterocycles.